The van der Waals surface area contributed by atoms with Gasteiger partial charge in [-0.25, -0.2) is 4.98 Å². The Morgan fingerprint density at radius 2 is 1.95 bits per heavy atom. The molecule has 0 spiro atoms. The van der Waals surface area contributed by atoms with Crippen LogP contribution < -0.4 is 10.5 Å². The van der Waals surface area contributed by atoms with Crippen LogP contribution in [0.25, 0.3) is 11.1 Å². The minimum Gasteiger partial charge on any atom is -0.484 e. The third-order valence-electron chi connectivity index (χ3n) is 3.14. The highest BCUT2D eigenvalue weighted by atomic mass is 16.5. The summed E-state index contributed by atoms with van der Waals surface area (Å²) in [5, 5.41) is 8.87. The van der Waals surface area contributed by atoms with Crippen LogP contribution in [0.3, 0.4) is 0 Å². The van der Waals surface area contributed by atoms with E-state index in [9.17, 15) is 0 Å². The van der Waals surface area contributed by atoms with Crippen molar-refractivity contribution in [2.45, 2.75) is 13.0 Å². The number of aliphatic hydroxyl groups is 1. The summed E-state index contributed by atoms with van der Waals surface area (Å²) in [6, 6.07) is 12.9. The topological polar surface area (TPSA) is 81.5 Å². The molecule has 0 fully saturated rings. The maximum absolute atomic E-state index is 8.87. The third kappa shape index (κ3) is 3.14. The summed E-state index contributed by atoms with van der Waals surface area (Å²) in [7, 11) is 0. The fourth-order valence-electron chi connectivity index (χ4n) is 2.08. The van der Waals surface area contributed by atoms with Gasteiger partial charge < -0.3 is 20.0 Å². The molecule has 0 aliphatic carbocycles. The Balaban J connectivity index is 1.68. The van der Waals surface area contributed by atoms with E-state index in [0.29, 0.717) is 23.6 Å². The van der Waals surface area contributed by atoms with E-state index in [-0.39, 0.29) is 13.2 Å². The van der Waals surface area contributed by atoms with E-state index in [1.165, 1.54) is 0 Å². The molecule has 5 nitrogen and oxygen atoms in total. The quantitative estimate of drug-likeness (QED) is 0.704. The highest BCUT2D eigenvalue weighted by Gasteiger charge is 2.06. The van der Waals surface area contributed by atoms with Gasteiger partial charge in [0, 0.05) is 18.4 Å². The summed E-state index contributed by atoms with van der Waals surface area (Å²) in [4.78, 5) is 4.34. The van der Waals surface area contributed by atoms with Crippen LogP contribution in [0, 0.1) is 0 Å². The molecule has 5 heteroatoms. The van der Waals surface area contributed by atoms with E-state index >= 15 is 0 Å². The molecule has 0 amide bonds. The van der Waals surface area contributed by atoms with Crippen molar-refractivity contribution in [3.8, 4) is 5.75 Å². The van der Waals surface area contributed by atoms with Crippen LogP contribution in [0.5, 0.6) is 5.75 Å². The minimum atomic E-state index is 0.145. The second kappa shape index (κ2) is 5.85. The molecule has 0 saturated carbocycles. The molecule has 0 radical (unpaired) electrons. The van der Waals surface area contributed by atoms with Crippen LogP contribution in [-0.2, 0) is 13.0 Å². The van der Waals surface area contributed by atoms with Gasteiger partial charge in [0.1, 0.15) is 11.3 Å². The van der Waals surface area contributed by atoms with Gasteiger partial charge in [0.15, 0.2) is 12.2 Å². The van der Waals surface area contributed by atoms with Gasteiger partial charge in [-0.05, 0) is 36.2 Å². The number of oxazole rings is 1. The fourth-order valence-corrected chi connectivity index (χ4v) is 2.08. The summed E-state index contributed by atoms with van der Waals surface area (Å²) < 4.78 is 11.2. The summed E-state index contributed by atoms with van der Waals surface area (Å²) in [5.41, 5.74) is 8.84. The molecule has 21 heavy (non-hydrogen) atoms. The van der Waals surface area contributed by atoms with E-state index in [0.717, 1.165) is 16.8 Å². The SMILES string of the molecule is Nc1ccc2nc(COc3ccc(CCO)cc3)oc2c1. The number of nitrogens with two attached hydrogens (primary N) is 1. The van der Waals surface area contributed by atoms with Crippen LogP contribution in [0.4, 0.5) is 5.69 Å². The molecule has 0 saturated heterocycles. The average molecular weight is 284 g/mol. The molecule has 1 aromatic heterocycles. The Bertz CT molecular complexity index is 735. The zero-order valence-electron chi connectivity index (χ0n) is 11.5. The smallest absolute Gasteiger partial charge is 0.233 e. The zero-order valence-corrected chi connectivity index (χ0v) is 11.5. The van der Waals surface area contributed by atoms with Crippen LogP contribution in [-0.4, -0.2) is 16.7 Å². The van der Waals surface area contributed by atoms with E-state index in [1.54, 1.807) is 12.1 Å². The number of hydrogen-bond donors (Lipinski definition) is 2. The fraction of sp³-hybridized carbons (Fsp3) is 0.188. The molecule has 0 aliphatic rings. The van der Waals surface area contributed by atoms with Crippen molar-refractivity contribution < 1.29 is 14.3 Å². The number of fused-ring (bicyclic) bond motifs is 1. The van der Waals surface area contributed by atoms with E-state index in [4.69, 9.17) is 20.0 Å². The van der Waals surface area contributed by atoms with Crippen LogP contribution in [0.1, 0.15) is 11.5 Å². The Kier molecular flexibility index (Phi) is 3.75. The first-order chi connectivity index (χ1) is 10.2. The Labute approximate surface area is 122 Å². The zero-order chi connectivity index (χ0) is 14.7. The van der Waals surface area contributed by atoms with Crippen molar-refractivity contribution in [3.05, 3.63) is 53.9 Å². The van der Waals surface area contributed by atoms with Gasteiger partial charge in [-0.1, -0.05) is 12.1 Å². The van der Waals surface area contributed by atoms with Crippen molar-refractivity contribution in [2.75, 3.05) is 12.3 Å². The number of anilines is 1. The molecule has 3 aromatic rings. The third-order valence-corrected chi connectivity index (χ3v) is 3.14. The Morgan fingerprint density at radius 1 is 1.14 bits per heavy atom. The lowest BCUT2D eigenvalue weighted by Crippen LogP contribution is -1.96. The summed E-state index contributed by atoms with van der Waals surface area (Å²) in [6.45, 7) is 0.403. The van der Waals surface area contributed by atoms with Gasteiger partial charge in [0.2, 0.25) is 5.89 Å². The standard InChI is InChI=1S/C16H16N2O3/c17-12-3-6-14-15(9-12)21-16(18-14)10-20-13-4-1-11(2-5-13)7-8-19/h1-6,9,19H,7-8,10,17H2. The van der Waals surface area contributed by atoms with Crippen molar-refractivity contribution >= 4 is 16.8 Å². The molecule has 0 aliphatic heterocycles. The van der Waals surface area contributed by atoms with Crippen molar-refractivity contribution in [1.82, 2.24) is 4.98 Å². The van der Waals surface area contributed by atoms with Crippen molar-refractivity contribution in [3.63, 3.8) is 0 Å². The maximum atomic E-state index is 8.87. The second-order valence-electron chi connectivity index (χ2n) is 4.74. The monoisotopic (exact) mass is 284 g/mol. The van der Waals surface area contributed by atoms with Gasteiger partial charge >= 0.3 is 0 Å². The molecule has 0 atom stereocenters. The first-order valence-corrected chi connectivity index (χ1v) is 6.72. The number of aliphatic hydroxyl groups excluding tert-OH is 1. The van der Waals surface area contributed by atoms with Crippen molar-refractivity contribution in [2.24, 2.45) is 0 Å². The van der Waals surface area contributed by atoms with E-state index in [1.807, 2.05) is 30.3 Å². The largest absolute Gasteiger partial charge is 0.484 e. The van der Waals surface area contributed by atoms with E-state index < -0.39 is 0 Å². The van der Waals surface area contributed by atoms with E-state index in [2.05, 4.69) is 4.98 Å². The van der Waals surface area contributed by atoms with Gasteiger partial charge in [0.05, 0.1) is 0 Å². The summed E-state index contributed by atoms with van der Waals surface area (Å²) >= 11 is 0. The molecule has 108 valence electrons. The Hall–Kier alpha value is -2.53. The number of rotatable bonds is 5. The first kappa shape index (κ1) is 13.5. The maximum Gasteiger partial charge on any atom is 0.233 e. The minimum absolute atomic E-state index is 0.145. The molecule has 1 heterocycles. The second-order valence-corrected chi connectivity index (χ2v) is 4.74. The number of aromatic nitrogens is 1. The highest BCUT2D eigenvalue weighted by Crippen LogP contribution is 2.20. The predicted molar refractivity (Wildman–Crippen MR) is 80.0 cm³/mol. The number of nitrogen functional groups attached to an aromatic ring is 1. The van der Waals surface area contributed by atoms with Crippen LogP contribution in [0.2, 0.25) is 0 Å². The predicted octanol–water partition coefficient (Wildman–Crippen LogP) is 2.52. The lowest BCUT2D eigenvalue weighted by Gasteiger charge is -2.04. The van der Waals surface area contributed by atoms with Gasteiger partial charge in [0.25, 0.3) is 0 Å². The number of benzene rings is 2. The normalized spacial score (nSPS) is 10.9. The lowest BCUT2D eigenvalue weighted by molar-refractivity contribution is 0.267. The van der Waals surface area contributed by atoms with Crippen LogP contribution >= 0.6 is 0 Å². The van der Waals surface area contributed by atoms with Crippen molar-refractivity contribution in [1.29, 1.82) is 0 Å². The molecular formula is C16H16N2O3. The number of ether oxygens (including phenoxy) is 1. The highest BCUT2D eigenvalue weighted by molar-refractivity contribution is 5.76. The van der Waals surface area contributed by atoms with Crippen LogP contribution in [0.15, 0.2) is 46.9 Å². The number of hydrogen-bond acceptors (Lipinski definition) is 5. The molecule has 2 aromatic carbocycles. The molecule has 0 bridgehead atoms. The van der Waals surface area contributed by atoms with Gasteiger partial charge in [-0.15, -0.1) is 0 Å². The molecule has 3 rings (SSSR count). The average Bonchev–Trinajstić information content (AvgIpc) is 2.89. The molecular weight excluding hydrogens is 268 g/mol. The van der Waals surface area contributed by atoms with Gasteiger partial charge in [-0.2, -0.15) is 0 Å². The Morgan fingerprint density at radius 3 is 2.71 bits per heavy atom. The van der Waals surface area contributed by atoms with Gasteiger partial charge in [-0.3, -0.25) is 0 Å². The number of nitrogens with zero attached hydrogens (tertiary/aromatic N) is 1. The molecule has 3 N–H and O–H groups in total. The summed E-state index contributed by atoms with van der Waals surface area (Å²) in [5.74, 6) is 1.24. The molecule has 0 unspecified atom stereocenters. The summed E-state index contributed by atoms with van der Waals surface area (Å²) in [6.07, 6.45) is 0.646. The lowest BCUT2D eigenvalue weighted by atomic mass is 10.1. The first-order valence-electron chi connectivity index (χ1n) is 6.72.